The lowest BCUT2D eigenvalue weighted by molar-refractivity contribution is 0.0698. The molecule has 0 saturated heterocycles. The maximum atomic E-state index is 11.0. The Morgan fingerprint density at radius 1 is 1.17 bits per heavy atom. The van der Waals surface area contributed by atoms with Crippen molar-refractivity contribution in [3.05, 3.63) is 52.0 Å². The van der Waals surface area contributed by atoms with Crippen molar-refractivity contribution in [3.8, 4) is 11.1 Å². The number of anilines is 1. The van der Waals surface area contributed by atoms with E-state index in [4.69, 9.17) is 34.0 Å². The molecule has 0 aliphatic carbocycles. The number of halogens is 2. The van der Waals surface area contributed by atoms with Gasteiger partial charge in [0.2, 0.25) is 0 Å². The second-order valence-corrected chi connectivity index (χ2v) is 4.49. The fraction of sp³-hybridized carbons (Fsp3) is 0. The summed E-state index contributed by atoms with van der Waals surface area (Å²) < 4.78 is 0. The summed E-state index contributed by atoms with van der Waals surface area (Å²) in [7, 11) is 0. The molecule has 3 nitrogen and oxygen atoms in total. The molecule has 0 saturated carbocycles. The van der Waals surface area contributed by atoms with E-state index in [1.54, 1.807) is 24.3 Å². The second kappa shape index (κ2) is 4.88. The molecule has 2 aromatic rings. The van der Waals surface area contributed by atoms with Gasteiger partial charge in [0.1, 0.15) is 0 Å². The van der Waals surface area contributed by atoms with Crippen molar-refractivity contribution in [2.75, 3.05) is 5.73 Å². The molecule has 0 fully saturated rings. The molecule has 3 N–H and O–H groups in total. The van der Waals surface area contributed by atoms with Gasteiger partial charge in [-0.2, -0.15) is 0 Å². The zero-order chi connectivity index (χ0) is 13.3. The lowest BCUT2D eigenvalue weighted by atomic mass is 10.0. The summed E-state index contributed by atoms with van der Waals surface area (Å²) >= 11 is 12.0. The number of carboxylic acids is 1. The minimum Gasteiger partial charge on any atom is -0.478 e. The number of hydrogen-bond donors (Lipinski definition) is 2. The van der Waals surface area contributed by atoms with Crippen LogP contribution in [0.25, 0.3) is 11.1 Å². The summed E-state index contributed by atoms with van der Waals surface area (Å²) in [6, 6.07) is 9.92. The van der Waals surface area contributed by atoms with Crippen molar-refractivity contribution in [1.82, 2.24) is 0 Å². The lowest BCUT2D eigenvalue weighted by Gasteiger charge is -2.08. The highest BCUT2D eigenvalue weighted by Crippen LogP contribution is 2.34. The number of rotatable bonds is 2. The van der Waals surface area contributed by atoms with Gasteiger partial charge in [0.05, 0.1) is 15.6 Å². The molecular weight excluding hydrogens is 273 g/mol. The van der Waals surface area contributed by atoms with Crippen LogP contribution in [0.2, 0.25) is 10.0 Å². The average Bonchev–Trinajstić information content (AvgIpc) is 2.33. The second-order valence-electron chi connectivity index (χ2n) is 3.71. The standard InChI is InChI=1S/C13H9Cl2NO2/c14-10-3-1-2-8(12(10)15)7-4-5-11(16)9(6-7)13(17)18/h1-6H,16H2,(H,17,18). The molecule has 0 atom stereocenters. The summed E-state index contributed by atoms with van der Waals surface area (Å²) in [4.78, 5) is 11.0. The third kappa shape index (κ3) is 2.28. The summed E-state index contributed by atoms with van der Waals surface area (Å²) in [5, 5.41) is 9.83. The fourth-order valence-corrected chi connectivity index (χ4v) is 2.05. The Bertz CT molecular complexity index is 626. The van der Waals surface area contributed by atoms with E-state index < -0.39 is 5.97 Å². The van der Waals surface area contributed by atoms with Gasteiger partial charge in [-0.05, 0) is 23.8 Å². The molecule has 2 aromatic carbocycles. The van der Waals surface area contributed by atoms with Gasteiger partial charge in [0.25, 0.3) is 0 Å². The van der Waals surface area contributed by atoms with E-state index in [1.165, 1.54) is 12.1 Å². The van der Waals surface area contributed by atoms with Gasteiger partial charge in [-0.25, -0.2) is 4.79 Å². The van der Waals surface area contributed by atoms with Crippen LogP contribution in [-0.2, 0) is 0 Å². The van der Waals surface area contributed by atoms with Crippen molar-refractivity contribution in [1.29, 1.82) is 0 Å². The molecule has 0 aliphatic rings. The molecule has 0 heterocycles. The third-order valence-corrected chi connectivity index (χ3v) is 3.37. The Balaban J connectivity index is 2.62. The van der Waals surface area contributed by atoms with Crippen LogP contribution in [0.1, 0.15) is 10.4 Å². The molecule has 0 spiro atoms. The lowest BCUT2D eigenvalue weighted by Crippen LogP contribution is -2.02. The maximum Gasteiger partial charge on any atom is 0.337 e. The molecule has 0 bridgehead atoms. The highest BCUT2D eigenvalue weighted by Gasteiger charge is 2.12. The topological polar surface area (TPSA) is 63.3 Å². The highest BCUT2D eigenvalue weighted by atomic mass is 35.5. The maximum absolute atomic E-state index is 11.0. The van der Waals surface area contributed by atoms with E-state index in [9.17, 15) is 4.79 Å². The van der Waals surface area contributed by atoms with Crippen LogP contribution < -0.4 is 5.73 Å². The first-order valence-electron chi connectivity index (χ1n) is 5.08. The van der Waals surface area contributed by atoms with Gasteiger partial charge < -0.3 is 10.8 Å². The number of carboxylic acid groups (broad SMARTS) is 1. The minimum absolute atomic E-state index is 0.0449. The Labute approximate surface area is 114 Å². The van der Waals surface area contributed by atoms with Crippen LogP contribution in [0.5, 0.6) is 0 Å². The number of nitrogen functional groups attached to an aromatic ring is 1. The molecule has 0 aromatic heterocycles. The Morgan fingerprint density at radius 3 is 2.56 bits per heavy atom. The van der Waals surface area contributed by atoms with Gasteiger partial charge in [-0.15, -0.1) is 0 Å². The Morgan fingerprint density at radius 2 is 1.89 bits per heavy atom. The molecule has 0 amide bonds. The predicted octanol–water partition coefficient (Wildman–Crippen LogP) is 3.94. The Hall–Kier alpha value is -1.71. The molecule has 0 unspecified atom stereocenters. The number of benzene rings is 2. The van der Waals surface area contributed by atoms with E-state index >= 15 is 0 Å². The van der Waals surface area contributed by atoms with E-state index in [1.807, 2.05) is 0 Å². The van der Waals surface area contributed by atoms with Crippen LogP contribution in [0.15, 0.2) is 36.4 Å². The normalized spacial score (nSPS) is 10.3. The quantitative estimate of drug-likeness (QED) is 0.820. The summed E-state index contributed by atoms with van der Waals surface area (Å²) in [6.07, 6.45) is 0. The number of hydrogen-bond acceptors (Lipinski definition) is 2. The van der Waals surface area contributed by atoms with Crippen LogP contribution >= 0.6 is 23.2 Å². The van der Waals surface area contributed by atoms with Gasteiger partial charge >= 0.3 is 5.97 Å². The molecule has 18 heavy (non-hydrogen) atoms. The average molecular weight is 282 g/mol. The van der Waals surface area contributed by atoms with Gasteiger partial charge in [-0.1, -0.05) is 41.4 Å². The van der Waals surface area contributed by atoms with E-state index in [0.717, 1.165) is 0 Å². The van der Waals surface area contributed by atoms with Crippen molar-refractivity contribution >= 4 is 34.9 Å². The molecule has 2 rings (SSSR count). The molecule has 5 heteroatoms. The first-order valence-corrected chi connectivity index (χ1v) is 5.83. The monoisotopic (exact) mass is 281 g/mol. The van der Waals surface area contributed by atoms with E-state index in [-0.39, 0.29) is 11.3 Å². The number of nitrogens with two attached hydrogens (primary N) is 1. The van der Waals surface area contributed by atoms with Crippen molar-refractivity contribution in [3.63, 3.8) is 0 Å². The SMILES string of the molecule is Nc1ccc(-c2cccc(Cl)c2Cl)cc1C(=O)O. The van der Waals surface area contributed by atoms with Crippen LogP contribution in [0.3, 0.4) is 0 Å². The van der Waals surface area contributed by atoms with Crippen molar-refractivity contribution < 1.29 is 9.90 Å². The van der Waals surface area contributed by atoms with Crippen molar-refractivity contribution in [2.24, 2.45) is 0 Å². The van der Waals surface area contributed by atoms with E-state index in [0.29, 0.717) is 21.2 Å². The zero-order valence-electron chi connectivity index (χ0n) is 9.15. The third-order valence-electron chi connectivity index (χ3n) is 2.55. The predicted molar refractivity (Wildman–Crippen MR) is 73.3 cm³/mol. The van der Waals surface area contributed by atoms with E-state index in [2.05, 4.69) is 0 Å². The summed E-state index contributed by atoms with van der Waals surface area (Å²) in [5.74, 6) is -1.08. The smallest absolute Gasteiger partial charge is 0.337 e. The largest absolute Gasteiger partial charge is 0.478 e. The van der Waals surface area contributed by atoms with Gasteiger partial charge in [0.15, 0.2) is 0 Å². The van der Waals surface area contributed by atoms with Crippen molar-refractivity contribution in [2.45, 2.75) is 0 Å². The number of carbonyl (C=O) groups is 1. The molecule has 0 aliphatic heterocycles. The van der Waals surface area contributed by atoms with Crippen LogP contribution in [-0.4, -0.2) is 11.1 Å². The van der Waals surface area contributed by atoms with Gasteiger partial charge in [0, 0.05) is 11.3 Å². The van der Waals surface area contributed by atoms with Crippen LogP contribution in [0.4, 0.5) is 5.69 Å². The van der Waals surface area contributed by atoms with Crippen LogP contribution in [0, 0.1) is 0 Å². The van der Waals surface area contributed by atoms with Gasteiger partial charge in [-0.3, -0.25) is 0 Å². The zero-order valence-corrected chi connectivity index (χ0v) is 10.7. The number of aromatic carboxylic acids is 1. The minimum atomic E-state index is -1.08. The molecular formula is C13H9Cl2NO2. The molecule has 92 valence electrons. The summed E-state index contributed by atoms with van der Waals surface area (Å²) in [5.41, 5.74) is 7.19. The Kier molecular flexibility index (Phi) is 3.45. The first-order chi connectivity index (χ1) is 8.50. The molecule has 0 radical (unpaired) electrons. The first kappa shape index (κ1) is 12.7. The highest BCUT2D eigenvalue weighted by molar-refractivity contribution is 6.43. The summed E-state index contributed by atoms with van der Waals surface area (Å²) in [6.45, 7) is 0. The fourth-order valence-electron chi connectivity index (χ4n) is 1.64.